The first-order chi connectivity index (χ1) is 14.9. The maximum atomic E-state index is 13.3. The second-order valence-corrected chi connectivity index (χ2v) is 8.89. The van der Waals surface area contributed by atoms with Gasteiger partial charge in [0.25, 0.3) is 5.56 Å². The fourth-order valence-electron chi connectivity index (χ4n) is 5.45. The lowest BCUT2D eigenvalue weighted by atomic mass is 9.73. The zero-order valence-electron chi connectivity index (χ0n) is 18.1. The van der Waals surface area contributed by atoms with Crippen LogP contribution >= 0.6 is 0 Å². The number of benzene rings is 1. The lowest BCUT2D eigenvalue weighted by Crippen LogP contribution is -2.52. The zero-order chi connectivity index (χ0) is 21.8. The van der Waals surface area contributed by atoms with Crippen LogP contribution in [0.2, 0.25) is 0 Å². The van der Waals surface area contributed by atoms with Gasteiger partial charge in [0.05, 0.1) is 12.7 Å². The summed E-state index contributed by atoms with van der Waals surface area (Å²) >= 11 is 0. The third-order valence-electron chi connectivity index (χ3n) is 7.09. The monoisotopic (exact) mass is 424 g/mol. The number of nitrogens with zero attached hydrogens (tertiary/aromatic N) is 2. The molecule has 1 aliphatic carbocycles. The predicted molar refractivity (Wildman–Crippen MR) is 115 cm³/mol. The van der Waals surface area contributed by atoms with E-state index in [2.05, 4.69) is 26.0 Å². The fraction of sp³-hybridized carbons (Fsp3) is 0.500. The van der Waals surface area contributed by atoms with Crippen molar-refractivity contribution >= 4 is 0 Å². The first-order valence-corrected chi connectivity index (χ1v) is 10.9. The molecule has 2 saturated heterocycles. The van der Waals surface area contributed by atoms with Crippen LogP contribution in [0.5, 0.6) is 0 Å². The van der Waals surface area contributed by atoms with Gasteiger partial charge in [0.1, 0.15) is 18.4 Å². The maximum Gasteiger partial charge on any atom is 0.335 e. The van der Waals surface area contributed by atoms with Gasteiger partial charge in [-0.3, -0.25) is 9.36 Å². The molecule has 2 aromatic rings. The summed E-state index contributed by atoms with van der Waals surface area (Å²) in [4.78, 5) is 26.0. The molecule has 0 N–H and O–H groups in total. The first-order valence-electron chi connectivity index (χ1n) is 10.9. The number of ether oxygens (including phenoxy) is 3. The quantitative estimate of drug-likeness (QED) is 0.691. The standard InChI is InChI=1S/C24H28N2O5/c1-15-12-25(22-20-17(3)24(31-22)16(2)8-7-11-19(24)30-20)23(28)26(21(15)27)14-29-13-18-9-5-4-6-10-18/h4-10,12,16-17,19-20,22H,11,13-14H2,1-3H3/t16?,17-,19-,20+,22+,24?/m0/s1. The molecule has 5 rings (SSSR count). The third kappa shape index (κ3) is 3.06. The summed E-state index contributed by atoms with van der Waals surface area (Å²) in [5.41, 5.74) is 0.210. The van der Waals surface area contributed by atoms with Crippen molar-refractivity contribution in [2.45, 2.75) is 64.6 Å². The molecular formula is C24H28N2O5. The number of fused-ring (bicyclic) bond motifs is 1. The van der Waals surface area contributed by atoms with Gasteiger partial charge in [-0.05, 0) is 18.9 Å². The van der Waals surface area contributed by atoms with E-state index in [0.717, 1.165) is 16.6 Å². The van der Waals surface area contributed by atoms with Crippen LogP contribution in [-0.4, -0.2) is 26.9 Å². The molecule has 1 aromatic heterocycles. The van der Waals surface area contributed by atoms with Crippen LogP contribution in [0.25, 0.3) is 0 Å². The van der Waals surface area contributed by atoms with Crippen LogP contribution < -0.4 is 11.2 Å². The summed E-state index contributed by atoms with van der Waals surface area (Å²) in [6.45, 7) is 6.18. The Bertz CT molecular complexity index is 1120. The molecule has 0 amide bonds. The number of hydrogen-bond acceptors (Lipinski definition) is 5. The minimum Gasteiger partial charge on any atom is -0.367 e. The first kappa shape index (κ1) is 20.4. The zero-order valence-corrected chi connectivity index (χ0v) is 18.1. The van der Waals surface area contributed by atoms with E-state index in [-0.39, 0.29) is 36.3 Å². The Morgan fingerprint density at radius 1 is 1.19 bits per heavy atom. The van der Waals surface area contributed by atoms with Gasteiger partial charge >= 0.3 is 5.69 Å². The second kappa shape index (κ2) is 7.58. The molecule has 6 atom stereocenters. The molecule has 0 saturated carbocycles. The highest BCUT2D eigenvalue weighted by atomic mass is 16.6. The summed E-state index contributed by atoms with van der Waals surface area (Å²) in [5.74, 6) is 0.331. The molecule has 1 spiro atoms. The Morgan fingerprint density at radius 2 is 1.97 bits per heavy atom. The number of rotatable bonds is 5. The number of aromatic nitrogens is 2. The highest BCUT2D eigenvalue weighted by Gasteiger charge is 2.67. The Kier molecular flexibility index (Phi) is 5.00. The van der Waals surface area contributed by atoms with Gasteiger partial charge in [0.15, 0.2) is 6.23 Å². The van der Waals surface area contributed by atoms with Crippen molar-refractivity contribution in [1.82, 2.24) is 9.13 Å². The van der Waals surface area contributed by atoms with Crippen LogP contribution in [0.15, 0.2) is 58.3 Å². The molecular weight excluding hydrogens is 396 g/mol. The van der Waals surface area contributed by atoms with Crippen molar-refractivity contribution in [3.63, 3.8) is 0 Å². The highest BCUT2D eigenvalue weighted by molar-refractivity contribution is 5.20. The Labute approximate surface area is 180 Å². The maximum absolute atomic E-state index is 13.3. The fourth-order valence-corrected chi connectivity index (χ4v) is 5.45. The van der Waals surface area contributed by atoms with Crippen molar-refractivity contribution in [3.05, 3.63) is 80.6 Å². The second-order valence-electron chi connectivity index (χ2n) is 8.89. The normalized spacial score (nSPS) is 33.6. The van der Waals surface area contributed by atoms with E-state index in [1.54, 1.807) is 13.1 Å². The molecule has 3 aliphatic rings. The highest BCUT2D eigenvalue weighted by Crippen LogP contribution is 2.57. The van der Waals surface area contributed by atoms with Gasteiger partial charge in [0, 0.05) is 23.6 Å². The van der Waals surface area contributed by atoms with E-state index >= 15 is 0 Å². The van der Waals surface area contributed by atoms with Gasteiger partial charge in [-0.1, -0.05) is 56.3 Å². The van der Waals surface area contributed by atoms with E-state index < -0.39 is 17.5 Å². The lowest BCUT2D eigenvalue weighted by molar-refractivity contribution is -0.224. The summed E-state index contributed by atoms with van der Waals surface area (Å²) in [6, 6.07) is 9.65. The molecule has 3 heterocycles. The average Bonchev–Trinajstić information content (AvgIpc) is 3.22. The van der Waals surface area contributed by atoms with Crippen LogP contribution in [0.1, 0.15) is 37.6 Å². The van der Waals surface area contributed by atoms with Crippen molar-refractivity contribution in [2.75, 3.05) is 0 Å². The Balaban J connectivity index is 1.44. The summed E-state index contributed by atoms with van der Waals surface area (Å²) in [6.07, 6.45) is 5.93. The molecule has 1 aromatic carbocycles. The lowest BCUT2D eigenvalue weighted by Gasteiger charge is -2.43. The van der Waals surface area contributed by atoms with Gasteiger partial charge in [-0.25, -0.2) is 9.36 Å². The topological polar surface area (TPSA) is 71.7 Å². The van der Waals surface area contributed by atoms with Crippen molar-refractivity contribution in [2.24, 2.45) is 11.8 Å². The molecule has 2 fully saturated rings. The molecule has 0 radical (unpaired) electrons. The van der Waals surface area contributed by atoms with Crippen LogP contribution in [-0.2, 0) is 27.5 Å². The molecule has 2 unspecified atom stereocenters. The molecule has 7 nitrogen and oxygen atoms in total. The summed E-state index contributed by atoms with van der Waals surface area (Å²) < 4.78 is 21.3. The van der Waals surface area contributed by atoms with E-state index in [9.17, 15) is 9.59 Å². The predicted octanol–water partition coefficient (Wildman–Crippen LogP) is 2.76. The third-order valence-corrected chi connectivity index (χ3v) is 7.09. The van der Waals surface area contributed by atoms with Crippen molar-refractivity contribution in [1.29, 1.82) is 0 Å². The number of hydrogen-bond donors (Lipinski definition) is 0. The van der Waals surface area contributed by atoms with Crippen LogP contribution in [0, 0.1) is 18.8 Å². The largest absolute Gasteiger partial charge is 0.367 e. The van der Waals surface area contributed by atoms with Gasteiger partial charge in [-0.2, -0.15) is 0 Å². The van der Waals surface area contributed by atoms with Crippen molar-refractivity contribution < 1.29 is 14.2 Å². The molecule has 2 aliphatic heterocycles. The van der Waals surface area contributed by atoms with Crippen molar-refractivity contribution in [3.8, 4) is 0 Å². The Morgan fingerprint density at radius 3 is 2.74 bits per heavy atom. The number of aryl methyl sites for hydroxylation is 1. The molecule has 2 bridgehead atoms. The van der Waals surface area contributed by atoms with E-state index in [0.29, 0.717) is 12.2 Å². The minimum atomic E-state index is -0.563. The minimum absolute atomic E-state index is 0.000611. The molecule has 164 valence electrons. The van der Waals surface area contributed by atoms with E-state index in [4.69, 9.17) is 14.2 Å². The van der Waals surface area contributed by atoms with Gasteiger partial charge in [-0.15, -0.1) is 0 Å². The molecule has 31 heavy (non-hydrogen) atoms. The van der Waals surface area contributed by atoms with Crippen LogP contribution in [0.4, 0.5) is 0 Å². The summed E-state index contributed by atoms with van der Waals surface area (Å²) in [5, 5.41) is 0. The van der Waals surface area contributed by atoms with Gasteiger partial charge in [0.2, 0.25) is 0 Å². The molecule has 7 heteroatoms. The smallest absolute Gasteiger partial charge is 0.335 e. The SMILES string of the molecule is Cc1cn([C@@H]2OC34C(C)C=CC[C@@H]3O[C@@H]2[C@@H]4C)c(=O)n(COCc2ccccc2)c1=O. The average molecular weight is 424 g/mol. The van der Waals surface area contributed by atoms with E-state index in [1.807, 2.05) is 30.3 Å². The summed E-state index contributed by atoms with van der Waals surface area (Å²) in [7, 11) is 0. The van der Waals surface area contributed by atoms with Crippen LogP contribution in [0.3, 0.4) is 0 Å². The Hall–Kier alpha value is -2.48. The van der Waals surface area contributed by atoms with Gasteiger partial charge < -0.3 is 14.2 Å². The van der Waals surface area contributed by atoms with E-state index in [1.165, 1.54) is 4.57 Å².